The zero-order valence-corrected chi connectivity index (χ0v) is 16.4. The second-order valence-corrected chi connectivity index (χ2v) is 8.15. The summed E-state index contributed by atoms with van der Waals surface area (Å²) in [4.78, 5) is 38.4. The van der Waals surface area contributed by atoms with Crippen molar-refractivity contribution in [1.29, 1.82) is 0 Å². The van der Waals surface area contributed by atoms with Crippen molar-refractivity contribution in [3.8, 4) is 0 Å². The number of hydrogen-bond acceptors (Lipinski definition) is 5. The summed E-state index contributed by atoms with van der Waals surface area (Å²) in [6.07, 6.45) is 1.61. The topological polar surface area (TPSA) is 57.7 Å². The minimum Gasteiger partial charge on any atom is -0.369 e. The number of anilines is 1. The number of rotatable bonds is 2. The third kappa shape index (κ3) is 4.14. The van der Waals surface area contributed by atoms with Crippen LogP contribution in [0.25, 0.3) is 0 Å². The lowest BCUT2D eigenvalue weighted by molar-refractivity contribution is -0.137. The third-order valence-corrected chi connectivity index (χ3v) is 6.01. The predicted octanol–water partition coefficient (Wildman–Crippen LogP) is 2.77. The molecular formula is C21H25ClN2O3. The van der Waals surface area contributed by atoms with Gasteiger partial charge in [-0.2, -0.15) is 0 Å². The SMILES string of the molecule is C=C1C(=O)C2(C=O)CC(=O)CC1C2.CN1CCN(c2ccc(Cl)cc2)CC1. The zero-order chi connectivity index (χ0) is 19.6. The Morgan fingerprint density at radius 2 is 1.78 bits per heavy atom. The van der Waals surface area contributed by atoms with Gasteiger partial charge in [0.2, 0.25) is 0 Å². The van der Waals surface area contributed by atoms with Crippen LogP contribution >= 0.6 is 11.6 Å². The Labute approximate surface area is 165 Å². The van der Waals surface area contributed by atoms with E-state index in [1.165, 1.54) is 5.69 Å². The highest BCUT2D eigenvalue weighted by molar-refractivity contribution is 6.30. The maximum atomic E-state index is 11.6. The minimum atomic E-state index is -1.03. The molecule has 3 fully saturated rings. The Balaban J connectivity index is 0.000000156. The Kier molecular flexibility index (Phi) is 5.82. The number of piperazine rings is 1. The van der Waals surface area contributed by atoms with Gasteiger partial charge in [-0.05, 0) is 49.2 Å². The highest BCUT2D eigenvalue weighted by Crippen LogP contribution is 2.48. The highest BCUT2D eigenvalue weighted by atomic mass is 35.5. The van der Waals surface area contributed by atoms with E-state index >= 15 is 0 Å². The van der Waals surface area contributed by atoms with Crippen LogP contribution in [-0.4, -0.2) is 56.0 Å². The fraction of sp³-hybridized carbons (Fsp3) is 0.476. The number of carbonyl (C=O) groups is 3. The van der Waals surface area contributed by atoms with Crippen LogP contribution in [0.3, 0.4) is 0 Å². The lowest BCUT2D eigenvalue weighted by Gasteiger charge is -2.34. The number of carbonyl (C=O) groups excluding carboxylic acids is 3. The van der Waals surface area contributed by atoms with Crippen LogP contribution in [-0.2, 0) is 14.4 Å². The lowest BCUT2D eigenvalue weighted by atomic mass is 9.76. The Bertz CT molecular complexity index is 753. The molecule has 2 saturated carbocycles. The van der Waals surface area contributed by atoms with E-state index in [1.807, 2.05) is 12.1 Å². The quantitative estimate of drug-likeness (QED) is 0.443. The monoisotopic (exact) mass is 388 g/mol. The van der Waals surface area contributed by atoms with E-state index in [-0.39, 0.29) is 23.9 Å². The normalized spacial score (nSPS) is 28.0. The van der Waals surface area contributed by atoms with Crippen LogP contribution in [0.5, 0.6) is 0 Å². The number of halogens is 1. The largest absolute Gasteiger partial charge is 0.369 e. The molecule has 0 spiro atoms. The molecule has 144 valence electrons. The molecule has 27 heavy (non-hydrogen) atoms. The van der Waals surface area contributed by atoms with Crippen molar-refractivity contribution in [3.63, 3.8) is 0 Å². The van der Waals surface area contributed by atoms with Crippen molar-refractivity contribution in [1.82, 2.24) is 4.90 Å². The van der Waals surface area contributed by atoms with Gasteiger partial charge in [0, 0.05) is 49.7 Å². The predicted molar refractivity (Wildman–Crippen MR) is 106 cm³/mol. The molecule has 6 heteroatoms. The number of allylic oxidation sites excluding steroid dienone is 1. The second-order valence-electron chi connectivity index (χ2n) is 7.72. The van der Waals surface area contributed by atoms with E-state index in [9.17, 15) is 14.4 Å². The van der Waals surface area contributed by atoms with Gasteiger partial charge in [-0.3, -0.25) is 9.59 Å². The molecule has 5 nitrogen and oxygen atoms in total. The average molecular weight is 389 g/mol. The van der Waals surface area contributed by atoms with Crippen LogP contribution in [0, 0.1) is 11.3 Å². The second kappa shape index (κ2) is 7.95. The first-order valence-corrected chi connectivity index (χ1v) is 9.63. The summed E-state index contributed by atoms with van der Waals surface area (Å²) in [6, 6.07) is 8.09. The van der Waals surface area contributed by atoms with Gasteiger partial charge in [0.1, 0.15) is 12.1 Å². The Morgan fingerprint density at radius 1 is 1.15 bits per heavy atom. The molecule has 2 unspecified atom stereocenters. The number of nitrogens with zero attached hydrogens (tertiary/aromatic N) is 2. The van der Waals surface area contributed by atoms with Gasteiger partial charge in [-0.25, -0.2) is 0 Å². The van der Waals surface area contributed by atoms with Crippen LogP contribution in [0.15, 0.2) is 36.4 Å². The number of aldehydes is 1. The van der Waals surface area contributed by atoms with Gasteiger partial charge in [0.25, 0.3) is 0 Å². The average Bonchev–Trinajstić information content (AvgIpc) is 2.84. The molecule has 0 N–H and O–H groups in total. The summed E-state index contributed by atoms with van der Waals surface area (Å²) >= 11 is 5.85. The molecule has 1 heterocycles. The molecule has 2 atom stereocenters. The maximum absolute atomic E-state index is 11.6. The third-order valence-electron chi connectivity index (χ3n) is 5.75. The summed E-state index contributed by atoms with van der Waals surface area (Å²) in [5.41, 5.74) is 0.720. The summed E-state index contributed by atoms with van der Waals surface area (Å²) in [7, 11) is 2.17. The van der Waals surface area contributed by atoms with Gasteiger partial charge in [0.15, 0.2) is 5.78 Å². The molecule has 2 bridgehead atoms. The zero-order valence-electron chi connectivity index (χ0n) is 15.6. The Morgan fingerprint density at radius 3 is 2.37 bits per heavy atom. The summed E-state index contributed by atoms with van der Waals surface area (Å²) in [5, 5.41) is 0.808. The van der Waals surface area contributed by atoms with Crippen molar-refractivity contribution in [2.75, 3.05) is 38.1 Å². The first kappa shape index (κ1) is 19.8. The molecule has 3 aliphatic rings. The van der Waals surface area contributed by atoms with Crippen molar-refractivity contribution >= 4 is 35.1 Å². The van der Waals surface area contributed by atoms with Crippen molar-refractivity contribution in [3.05, 3.63) is 41.4 Å². The number of likely N-dealkylation sites (N-methyl/N-ethyl adjacent to an activating group) is 1. The van der Waals surface area contributed by atoms with E-state index in [2.05, 4.69) is 35.6 Å². The van der Waals surface area contributed by atoms with Crippen LogP contribution < -0.4 is 4.90 Å². The molecule has 0 amide bonds. The molecule has 4 rings (SSSR count). The number of hydrogen-bond donors (Lipinski definition) is 0. The van der Waals surface area contributed by atoms with Crippen molar-refractivity contribution < 1.29 is 14.4 Å². The smallest absolute Gasteiger partial charge is 0.172 e. The van der Waals surface area contributed by atoms with E-state index in [0.29, 0.717) is 24.7 Å². The van der Waals surface area contributed by atoms with E-state index in [0.717, 1.165) is 31.2 Å². The van der Waals surface area contributed by atoms with Crippen molar-refractivity contribution in [2.45, 2.75) is 19.3 Å². The first-order chi connectivity index (χ1) is 12.8. The van der Waals surface area contributed by atoms with Crippen LogP contribution in [0.1, 0.15) is 19.3 Å². The van der Waals surface area contributed by atoms with Crippen LogP contribution in [0.2, 0.25) is 5.02 Å². The molecule has 1 aromatic carbocycles. The fourth-order valence-corrected chi connectivity index (χ4v) is 4.19. The molecule has 2 aliphatic carbocycles. The summed E-state index contributed by atoms with van der Waals surface area (Å²) in [5.74, 6) is -0.271. The molecule has 1 aromatic rings. The van der Waals surface area contributed by atoms with E-state index in [4.69, 9.17) is 11.6 Å². The summed E-state index contributed by atoms with van der Waals surface area (Å²) < 4.78 is 0. The molecule has 1 aliphatic heterocycles. The van der Waals surface area contributed by atoms with Crippen LogP contribution in [0.4, 0.5) is 5.69 Å². The summed E-state index contributed by atoms with van der Waals surface area (Å²) in [6.45, 7) is 8.15. The van der Waals surface area contributed by atoms with Gasteiger partial charge in [-0.1, -0.05) is 18.2 Å². The molecule has 0 aromatic heterocycles. The molecule has 0 radical (unpaired) electrons. The minimum absolute atomic E-state index is 0.00958. The number of Topliss-reactive ketones (excluding diaryl/α,β-unsaturated/α-hetero) is 2. The molecular weight excluding hydrogens is 364 g/mol. The van der Waals surface area contributed by atoms with Gasteiger partial charge in [-0.15, -0.1) is 0 Å². The van der Waals surface area contributed by atoms with Gasteiger partial charge in [0.05, 0.1) is 5.41 Å². The fourth-order valence-electron chi connectivity index (χ4n) is 4.07. The van der Waals surface area contributed by atoms with E-state index in [1.54, 1.807) is 0 Å². The highest BCUT2D eigenvalue weighted by Gasteiger charge is 2.53. The molecule has 1 saturated heterocycles. The Hall–Kier alpha value is -1.98. The van der Waals surface area contributed by atoms with Gasteiger partial charge < -0.3 is 14.6 Å². The standard InChI is InChI=1S/C11H15ClN2.C10H10O3/c1-13-6-8-14(9-7-13)11-4-2-10(12)3-5-11;1-6-7-2-8(12)4-10(3-7,5-11)9(6)13/h2-5H,6-9H2,1H3;5,7H,1-4H2. The first-order valence-electron chi connectivity index (χ1n) is 9.25. The van der Waals surface area contributed by atoms with Crippen molar-refractivity contribution in [2.24, 2.45) is 11.3 Å². The lowest BCUT2D eigenvalue weighted by Crippen LogP contribution is -2.44. The number of fused-ring (bicyclic) bond motifs is 2. The van der Waals surface area contributed by atoms with E-state index < -0.39 is 5.41 Å². The number of ketones is 2. The number of benzene rings is 1. The maximum Gasteiger partial charge on any atom is 0.172 e. The van der Waals surface area contributed by atoms with Gasteiger partial charge >= 0.3 is 0 Å².